The molecule has 0 aliphatic rings. The van der Waals surface area contributed by atoms with Crippen LogP contribution in [0.2, 0.25) is 0 Å². The number of benzene rings is 2. The molecular formula is C22H26N4O. The number of nitrogens with one attached hydrogen (secondary N) is 1. The van der Waals surface area contributed by atoms with Crippen LogP contribution in [0.5, 0.6) is 0 Å². The molecule has 3 aromatic rings. The van der Waals surface area contributed by atoms with E-state index in [1.165, 1.54) is 11.1 Å². The van der Waals surface area contributed by atoms with Crippen molar-refractivity contribution in [3.63, 3.8) is 0 Å². The largest absolute Gasteiger partial charge is 0.397 e. The highest BCUT2D eigenvalue weighted by atomic mass is 16.1. The molecule has 1 aromatic heterocycles. The van der Waals surface area contributed by atoms with Crippen LogP contribution >= 0.6 is 0 Å². The summed E-state index contributed by atoms with van der Waals surface area (Å²) in [7, 11) is 0. The minimum atomic E-state index is -0.0435. The number of rotatable bonds is 6. The fourth-order valence-corrected chi connectivity index (χ4v) is 3.18. The molecule has 0 aliphatic heterocycles. The van der Waals surface area contributed by atoms with Gasteiger partial charge in [0.15, 0.2) is 0 Å². The summed E-state index contributed by atoms with van der Waals surface area (Å²) in [4.78, 5) is 12.3. The molecule has 3 N–H and O–H groups in total. The number of nitrogen functional groups attached to an aromatic ring is 1. The number of nitrogens with zero attached hydrogens (tertiary/aromatic N) is 2. The Kier molecular flexibility index (Phi) is 5.60. The van der Waals surface area contributed by atoms with Gasteiger partial charge in [-0.15, -0.1) is 0 Å². The van der Waals surface area contributed by atoms with Crippen molar-refractivity contribution in [1.29, 1.82) is 0 Å². The van der Waals surface area contributed by atoms with Crippen LogP contribution in [-0.4, -0.2) is 15.7 Å². The first kappa shape index (κ1) is 18.7. The minimum Gasteiger partial charge on any atom is -0.397 e. The standard InChI is InChI=1S/C22H26N4O/c1-15-8-10-18(11-9-15)14-26-17(3)19(16(2)25-26)12-13-22(27)24-21-7-5-4-6-20(21)23/h4-11H,12-14,23H2,1-3H3,(H,24,27). The second-order valence-corrected chi connectivity index (χ2v) is 6.93. The van der Waals surface area contributed by atoms with Gasteiger partial charge in [0.1, 0.15) is 0 Å². The van der Waals surface area contributed by atoms with Gasteiger partial charge in [0.25, 0.3) is 0 Å². The zero-order chi connectivity index (χ0) is 19.4. The van der Waals surface area contributed by atoms with Crippen LogP contribution in [0.15, 0.2) is 48.5 Å². The topological polar surface area (TPSA) is 72.9 Å². The van der Waals surface area contributed by atoms with Crippen LogP contribution in [-0.2, 0) is 17.8 Å². The maximum atomic E-state index is 12.3. The number of hydrogen-bond acceptors (Lipinski definition) is 3. The lowest BCUT2D eigenvalue weighted by Crippen LogP contribution is -2.14. The second kappa shape index (κ2) is 8.08. The number of carbonyl (C=O) groups is 1. The first-order valence-electron chi connectivity index (χ1n) is 9.17. The predicted molar refractivity (Wildman–Crippen MR) is 110 cm³/mol. The van der Waals surface area contributed by atoms with E-state index in [0.29, 0.717) is 24.2 Å². The number of carbonyl (C=O) groups excluding carboxylic acids is 1. The van der Waals surface area contributed by atoms with Gasteiger partial charge in [-0.3, -0.25) is 9.48 Å². The normalized spacial score (nSPS) is 10.8. The molecular weight excluding hydrogens is 336 g/mol. The van der Waals surface area contributed by atoms with Crippen molar-refractivity contribution in [3.05, 3.63) is 76.6 Å². The monoisotopic (exact) mass is 362 g/mol. The zero-order valence-electron chi connectivity index (χ0n) is 16.1. The molecule has 0 bridgehead atoms. The summed E-state index contributed by atoms with van der Waals surface area (Å²) >= 11 is 0. The maximum absolute atomic E-state index is 12.3. The summed E-state index contributed by atoms with van der Waals surface area (Å²) in [5.74, 6) is -0.0435. The average molecular weight is 362 g/mol. The molecule has 2 aromatic carbocycles. The lowest BCUT2D eigenvalue weighted by atomic mass is 10.1. The van der Waals surface area contributed by atoms with E-state index in [4.69, 9.17) is 5.73 Å². The second-order valence-electron chi connectivity index (χ2n) is 6.93. The predicted octanol–water partition coefficient (Wildman–Crippen LogP) is 4.01. The van der Waals surface area contributed by atoms with Gasteiger partial charge in [0.2, 0.25) is 5.91 Å². The highest BCUT2D eigenvalue weighted by Crippen LogP contribution is 2.19. The Bertz CT molecular complexity index is 941. The van der Waals surface area contributed by atoms with Crippen LogP contribution in [0.25, 0.3) is 0 Å². The number of anilines is 2. The van der Waals surface area contributed by atoms with Crippen molar-refractivity contribution >= 4 is 17.3 Å². The fourth-order valence-electron chi connectivity index (χ4n) is 3.18. The Morgan fingerprint density at radius 3 is 2.48 bits per heavy atom. The molecule has 5 nitrogen and oxygen atoms in total. The SMILES string of the molecule is Cc1ccc(Cn2nc(C)c(CCC(=O)Nc3ccccc3N)c2C)cc1. The quantitative estimate of drug-likeness (QED) is 0.651. The number of hydrogen-bond donors (Lipinski definition) is 2. The Hall–Kier alpha value is -3.08. The van der Waals surface area contributed by atoms with Crippen LogP contribution in [0.1, 0.15) is 34.5 Å². The Morgan fingerprint density at radius 1 is 1.07 bits per heavy atom. The summed E-state index contributed by atoms with van der Waals surface area (Å²) < 4.78 is 2.02. The molecule has 0 saturated carbocycles. The number of aryl methyl sites for hydroxylation is 2. The van der Waals surface area contributed by atoms with Gasteiger partial charge in [-0.2, -0.15) is 5.10 Å². The van der Waals surface area contributed by atoms with E-state index >= 15 is 0 Å². The van der Waals surface area contributed by atoms with E-state index in [1.54, 1.807) is 6.07 Å². The molecule has 0 unspecified atom stereocenters. The summed E-state index contributed by atoms with van der Waals surface area (Å²) in [6.45, 7) is 6.89. The molecule has 140 valence electrons. The van der Waals surface area contributed by atoms with Crippen LogP contribution in [0.4, 0.5) is 11.4 Å². The molecule has 5 heteroatoms. The van der Waals surface area contributed by atoms with E-state index in [-0.39, 0.29) is 5.91 Å². The van der Waals surface area contributed by atoms with Gasteiger partial charge in [0.05, 0.1) is 23.6 Å². The molecule has 3 rings (SSSR count). The Labute approximate surface area is 160 Å². The van der Waals surface area contributed by atoms with Gasteiger partial charge in [0, 0.05) is 12.1 Å². The summed E-state index contributed by atoms with van der Waals surface area (Å²) in [5.41, 5.74) is 12.8. The average Bonchev–Trinajstić information content (AvgIpc) is 2.90. The smallest absolute Gasteiger partial charge is 0.224 e. The molecule has 0 spiro atoms. The highest BCUT2D eigenvalue weighted by Gasteiger charge is 2.14. The Morgan fingerprint density at radius 2 is 1.78 bits per heavy atom. The van der Waals surface area contributed by atoms with Crippen LogP contribution in [0.3, 0.4) is 0 Å². The molecule has 0 saturated heterocycles. The Balaban J connectivity index is 1.65. The fraction of sp³-hybridized carbons (Fsp3) is 0.273. The van der Waals surface area contributed by atoms with Gasteiger partial charge in [-0.05, 0) is 50.5 Å². The van der Waals surface area contributed by atoms with Crippen molar-refractivity contribution < 1.29 is 4.79 Å². The van der Waals surface area contributed by atoms with Crippen molar-refractivity contribution in [2.75, 3.05) is 11.1 Å². The molecule has 27 heavy (non-hydrogen) atoms. The van der Waals surface area contributed by atoms with E-state index in [1.807, 2.05) is 29.8 Å². The van der Waals surface area contributed by atoms with E-state index < -0.39 is 0 Å². The summed E-state index contributed by atoms with van der Waals surface area (Å²) in [6, 6.07) is 15.8. The first-order valence-corrected chi connectivity index (χ1v) is 9.17. The zero-order valence-corrected chi connectivity index (χ0v) is 16.1. The number of nitrogens with two attached hydrogens (primary N) is 1. The van der Waals surface area contributed by atoms with Gasteiger partial charge in [-0.1, -0.05) is 42.0 Å². The van der Waals surface area contributed by atoms with Crippen molar-refractivity contribution in [2.45, 2.75) is 40.2 Å². The van der Waals surface area contributed by atoms with E-state index in [0.717, 1.165) is 23.5 Å². The van der Waals surface area contributed by atoms with Crippen molar-refractivity contribution in [3.8, 4) is 0 Å². The number of aromatic nitrogens is 2. The van der Waals surface area contributed by atoms with Gasteiger partial charge < -0.3 is 11.1 Å². The van der Waals surface area contributed by atoms with Crippen LogP contribution in [0, 0.1) is 20.8 Å². The first-order chi connectivity index (χ1) is 12.9. The molecule has 0 radical (unpaired) electrons. The van der Waals surface area contributed by atoms with Crippen molar-refractivity contribution in [2.24, 2.45) is 0 Å². The molecule has 0 aliphatic carbocycles. The van der Waals surface area contributed by atoms with E-state index in [9.17, 15) is 4.79 Å². The summed E-state index contributed by atoms with van der Waals surface area (Å²) in [5, 5.41) is 7.55. The minimum absolute atomic E-state index is 0.0435. The lowest BCUT2D eigenvalue weighted by Gasteiger charge is -2.08. The van der Waals surface area contributed by atoms with E-state index in [2.05, 4.69) is 48.5 Å². The molecule has 1 amide bonds. The third-order valence-electron chi connectivity index (χ3n) is 4.82. The van der Waals surface area contributed by atoms with Gasteiger partial charge in [-0.25, -0.2) is 0 Å². The lowest BCUT2D eigenvalue weighted by molar-refractivity contribution is -0.116. The third kappa shape index (κ3) is 4.56. The molecule has 0 fully saturated rings. The summed E-state index contributed by atoms with van der Waals surface area (Å²) in [6.07, 6.45) is 1.05. The number of amides is 1. The highest BCUT2D eigenvalue weighted by molar-refractivity contribution is 5.93. The third-order valence-corrected chi connectivity index (χ3v) is 4.82. The molecule has 0 atom stereocenters. The number of para-hydroxylation sites is 2. The molecule has 1 heterocycles. The van der Waals surface area contributed by atoms with Crippen molar-refractivity contribution in [1.82, 2.24) is 9.78 Å². The van der Waals surface area contributed by atoms with Gasteiger partial charge >= 0.3 is 0 Å². The van der Waals surface area contributed by atoms with Crippen LogP contribution < -0.4 is 11.1 Å². The maximum Gasteiger partial charge on any atom is 0.224 e.